The first-order valence-corrected chi connectivity index (χ1v) is 5.81. The zero-order valence-electron chi connectivity index (χ0n) is 10.4. The summed E-state index contributed by atoms with van der Waals surface area (Å²) in [5.74, 6) is 0.0568. The van der Waals surface area contributed by atoms with Crippen molar-refractivity contribution in [1.82, 2.24) is 0 Å². The zero-order valence-corrected chi connectivity index (χ0v) is 10.4. The Morgan fingerprint density at radius 3 is 2.59 bits per heavy atom. The average molecular weight is 229 g/mol. The fourth-order valence-corrected chi connectivity index (χ4v) is 1.62. The fraction of sp³-hybridized carbons (Fsp3) is 0.267. The number of carbonyl (C=O) groups excluding carboxylic acids is 1. The molecule has 0 saturated heterocycles. The molecule has 1 atom stereocenters. The van der Waals surface area contributed by atoms with Gasteiger partial charge >= 0.3 is 0 Å². The highest BCUT2D eigenvalue weighted by atomic mass is 16.1. The Hall–Kier alpha value is -1.83. The van der Waals surface area contributed by atoms with E-state index in [9.17, 15) is 4.79 Å². The Morgan fingerprint density at radius 2 is 2.00 bits per heavy atom. The minimum atomic E-state index is -0.0843. The molecular formula is C15H19NO. The maximum absolute atomic E-state index is 12.1. The summed E-state index contributed by atoms with van der Waals surface area (Å²) < 4.78 is 0. The van der Waals surface area contributed by atoms with E-state index in [-0.39, 0.29) is 11.7 Å². The van der Waals surface area contributed by atoms with Gasteiger partial charge in [-0.25, -0.2) is 0 Å². The summed E-state index contributed by atoms with van der Waals surface area (Å²) in [6, 6.07) is 9.33. The lowest BCUT2D eigenvalue weighted by Crippen LogP contribution is -2.14. The van der Waals surface area contributed by atoms with Crippen LogP contribution in [0.5, 0.6) is 0 Å². The molecule has 0 aliphatic carbocycles. The highest BCUT2D eigenvalue weighted by Crippen LogP contribution is 2.14. The van der Waals surface area contributed by atoms with Crippen molar-refractivity contribution in [2.45, 2.75) is 20.3 Å². The molecule has 0 aliphatic rings. The van der Waals surface area contributed by atoms with Gasteiger partial charge in [0.2, 0.25) is 0 Å². The molecule has 0 amide bonds. The van der Waals surface area contributed by atoms with Crippen LogP contribution in [-0.4, -0.2) is 5.78 Å². The summed E-state index contributed by atoms with van der Waals surface area (Å²) in [5, 5.41) is 0. The molecule has 2 N–H and O–H groups in total. The Morgan fingerprint density at radius 1 is 1.35 bits per heavy atom. The van der Waals surface area contributed by atoms with Crippen LogP contribution < -0.4 is 5.73 Å². The van der Waals surface area contributed by atoms with Gasteiger partial charge in [-0.15, -0.1) is 0 Å². The molecule has 0 saturated carbocycles. The molecule has 0 heterocycles. The van der Waals surface area contributed by atoms with Crippen molar-refractivity contribution in [3.8, 4) is 0 Å². The monoisotopic (exact) mass is 229 g/mol. The van der Waals surface area contributed by atoms with Gasteiger partial charge in [0.25, 0.3) is 0 Å². The average Bonchev–Trinajstić information content (AvgIpc) is 2.36. The smallest absolute Gasteiger partial charge is 0.166 e. The minimum Gasteiger partial charge on any atom is -0.402 e. The van der Waals surface area contributed by atoms with E-state index in [0.717, 1.165) is 11.3 Å². The zero-order chi connectivity index (χ0) is 12.7. The van der Waals surface area contributed by atoms with E-state index in [1.165, 1.54) is 0 Å². The molecule has 0 aromatic heterocycles. The molecule has 90 valence electrons. The van der Waals surface area contributed by atoms with Crippen LogP contribution in [0, 0.1) is 5.92 Å². The van der Waals surface area contributed by atoms with Gasteiger partial charge in [0.05, 0.1) is 0 Å². The van der Waals surface area contributed by atoms with Gasteiger partial charge in [-0.1, -0.05) is 49.4 Å². The second kappa shape index (κ2) is 6.69. The third-order valence-electron chi connectivity index (χ3n) is 2.55. The number of hydrogen-bond acceptors (Lipinski definition) is 2. The second-order valence-electron chi connectivity index (χ2n) is 4.10. The van der Waals surface area contributed by atoms with Gasteiger partial charge in [0, 0.05) is 17.2 Å². The van der Waals surface area contributed by atoms with Crippen molar-refractivity contribution in [1.29, 1.82) is 0 Å². The van der Waals surface area contributed by atoms with E-state index < -0.39 is 0 Å². The first kappa shape index (κ1) is 13.2. The molecule has 2 nitrogen and oxygen atoms in total. The van der Waals surface area contributed by atoms with Crippen molar-refractivity contribution in [2.24, 2.45) is 11.7 Å². The van der Waals surface area contributed by atoms with Gasteiger partial charge in [0.1, 0.15) is 0 Å². The van der Waals surface area contributed by atoms with E-state index in [2.05, 4.69) is 0 Å². The lowest BCUT2D eigenvalue weighted by Gasteiger charge is -2.10. The molecule has 1 aromatic carbocycles. The maximum Gasteiger partial charge on any atom is 0.166 e. The van der Waals surface area contributed by atoms with Crippen molar-refractivity contribution in [3.05, 3.63) is 59.8 Å². The minimum absolute atomic E-state index is 0.0843. The van der Waals surface area contributed by atoms with Crippen LogP contribution in [0.15, 0.2) is 54.3 Å². The molecule has 17 heavy (non-hydrogen) atoms. The fourth-order valence-electron chi connectivity index (χ4n) is 1.62. The molecule has 1 rings (SSSR count). The van der Waals surface area contributed by atoms with Crippen LogP contribution in [0.2, 0.25) is 0 Å². The molecule has 0 radical (unpaired) electrons. The van der Waals surface area contributed by atoms with Crippen molar-refractivity contribution < 1.29 is 4.79 Å². The van der Waals surface area contributed by atoms with Crippen LogP contribution in [0.3, 0.4) is 0 Å². The number of Topliss-reactive ketones (excluding diaryl/α,β-unsaturated/α-hetero) is 1. The van der Waals surface area contributed by atoms with Crippen LogP contribution in [0.1, 0.15) is 30.6 Å². The van der Waals surface area contributed by atoms with Gasteiger partial charge < -0.3 is 5.73 Å². The van der Waals surface area contributed by atoms with Crippen LogP contribution in [-0.2, 0) is 0 Å². The lowest BCUT2D eigenvalue weighted by atomic mass is 9.95. The van der Waals surface area contributed by atoms with Crippen molar-refractivity contribution in [2.75, 3.05) is 0 Å². The topological polar surface area (TPSA) is 43.1 Å². The van der Waals surface area contributed by atoms with Crippen LogP contribution >= 0.6 is 0 Å². The standard InChI is InChI=1S/C15H19NO/c1-3-4-10-14(16)11-12(2)15(17)13-8-6-5-7-9-13/h3-10,12H,11,16H2,1-2H3/b4-3-,14-10+. The van der Waals surface area contributed by atoms with Crippen molar-refractivity contribution in [3.63, 3.8) is 0 Å². The summed E-state index contributed by atoms with van der Waals surface area (Å²) in [6.07, 6.45) is 6.23. The van der Waals surface area contributed by atoms with E-state index in [0.29, 0.717) is 6.42 Å². The number of allylic oxidation sites excluding steroid dienone is 4. The summed E-state index contributed by atoms with van der Waals surface area (Å²) in [7, 11) is 0. The van der Waals surface area contributed by atoms with Gasteiger partial charge in [-0.2, -0.15) is 0 Å². The SMILES string of the molecule is C/C=C\C=C(\N)CC(C)C(=O)c1ccccc1. The van der Waals surface area contributed by atoms with E-state index in [4.69, 9.17) is 5.73 Å². The maximum atomic E-state index is 12.1. The number of ketones is 1. The van der Waals surface area contributed by atoms with Crippen LogP contribution in [0.25, 0.3) is 0 Å². The second-order valence-corrected chi connectivity index (χ2v) is 4.10. The van der Waals surface area contributed by atoms with Crippen molar-refractivity contribution >= 4 is 5.78 Å². The first-order valence-electron chi connectivity index (χ1n) is 5.81. The predicted octanol–water partition coefficient (Wildman–Crippen LogP) is 3.31. The summed E-state index contributed by atoms with van der Waals surface area (Å²) in [4.78, 5) is 12.1. The molecule has 0 bridgehead atoms. The van der Waals surface area contributed by atoms with E-state index in [1.54, 1.807) is 0 Å². The third kappa shape index (κ3) is 4.27. The number of carbonyl (C=O) groups is 1. The highest BCUT2D eigenvalue weighted by Gasteiger charge is 2.15. The van der Waals surface area contributed by atoms with E-state index >= 15 is 0 Å². The summed E-state index contributed by atoms with van der Waals surface area (Å²) >= 11 is 0. The van der Waals surface area contributed by atoms with Gasteiger partial charge in [-0.05, 0) is 19.4 Å². The quantitative estimate of drug-likeness (QED) is 0.621. The summed E-state index contributed by atoms with van der Waals surface area (Å²) in [6.45, 7) is 3.84. The van der Waals surface area contributed by atoms with E-state index in [1.807, 2.05) is 62.4 Å². The molecular weight excluding hydrogens is 210 g/mol. The largest absolute Gasteiger partial charge is 0.402 e. The predicted molar refractivity (Wildman–Crippen MR) is 71.6 cm³/mol. The Kier molecular flexibility index (Phi) is 5.21. The first-order chi connectivity index (χ1) is 8.15. The number of benzene rings is 1. The van der Waals surface area contributed by atoms with Gasteiger partial charge in [0.15, 0.2) is 5.78 Å². The lowest BCUT2D eigenvalue weighted by molar-refractivity contribution is 0.0929. The Bertz CT molecular complexity index is 418. The van der Waals surface area contributed by atoms with Gasteiger partial charge in [-0.3, -0.25) is 4.79 Å². The molecule has 0 aliphatic heterocycles. The normalized spacial score (nSPS) is 13.9. The Labute approximate surface area is 103 Å². The van der Waals surface area contributed by atoms with Crippen LogP contribution in [0.4, 0.5) is 0 Å². The Balaban J connectivity index is 2.65. The molecule has 0 spiro atoms. The molecule has 2 heteroatoms. The number of rotatable bonds is 5. The molecule has 1 aromatic rings. The highest BCUT2D eigenvalue weighted by molar-refractivity contribution is 5.97. The summed E-state index contributed by atoms with van der Waals surface area (Å²) in [5.41, 5.74) is 7.32. The molecule has 0 fully saturated rings. The molecule has 1 unspecified atom stereocenters. The number of hydrogen-bond donors (Lipinski definition) is 1. The number of nitrogens with two attached hydrogens (primary N) is 1. The third-order valence-corrected chi connectivity index (χ3v) is 2.55.